The van der Waals surface area contributed by atoms with Crippen LogP contribution < -0.4 is 15.5 Å². The number of piperidine rings is 1. The predicted octanol–water partition coefficient (Wildman–Crippen LogP) is 5.19. The van der Waals surface area contributed by atoms with E-state index in [4.69, 9.17) is 0 Å². The Bertz CT molecular complexity index is 1030. The summed E-state index contributed by atoms with van der Waals surface area (Å²) < 4.78 is 0. The van der Waals surface area contributed by atoms with E-state index in [1.54, 1.807) is 0 Å². The van der Waals surface area contributed by atoms with Crippen molar-refractivity contribution in [3.05, 3.63) is 59.4 Å². The molecule has 0 radical (unpaired) electrons. The first-order valence-electron chi connectivity index (χ1n) is 14.0. The zero-order chi connectivity index (χ0) is 24.7. The number of amides is 2. The lowest BCUT2D eigenvalue weighted by molar-refractivity contribution is -0.122. The van der Waals surface area contributed by atoms with Gasteiger partial charge in [-0.25, -0.2) is 0 Å². The molecule has 2 N–H and O–H groups in total. The van der Waals surface area contributed by atoms with Crippen molar-refractivity contribution in [1.29, 1.82) is 0 Å². The monoisotopic (exact) mass is 488 g/mol. The fraction of sp³-hybridized carbons (Fsp3) is 0.567. The Morgan fingerprint density at radius 1 is 0.917 bits per heavy atom. The highest BCUT2D eigenvalue weighted by Gasteiger charge is 2.26. The maximum atomic E-state index is 12.9. The van der Waals surface area contributed by atoms with Gasteiger partial charge in [0.05, 0.1) is 6.04 Å². The number of benzene rings is 1. The number of carbonyl (C=O) groups is 2. The number of rotatable bonds is 9. The summed E-state index contributed by atoms with van der Waals surface area (Å²) in [6.07, 6.45) is 15.7. The Kier molecular flexibility index (Phi) is 8.19. The van der Waals surface area contributed by atoms with E-state index in [2.05, 4.69) is 38.7 Å². The van der Waals surface area contributed by atoms with Crippen molar-refractivity contribution >= 4 is 17.5 Å². The van der Waals surface area contributed by atoms with Gasteiger partial charge in [-0.2, -0.15) is 0 Å². The van der Waals surface area contributed by atoms with Gasteiger partial charge in [-0.1, -0.05) is 31.7 Å². The fourth-order valence-electron chi connectivity index (χ4n) is 6.32. The van der Waals surface area contributed by atoms with E-state index in [1.807, 2.05) is 24.5 Å². The largest absolute Gasteiger partial charge is 0.371 e. The molecular formula is C30H40N4O2. The van der Waals surface area contributed by atoms with E-state index in [1.165, 1.54) is 36.9 Å². The molecule has 36 heavy (non-hydrogen) atoms. The molecule has 1 aliphatic heterocycles. The highest BCUT2D eigenvalue weighted by atomic mass is 16.2. The van der Waals surface area contributed by atoms with E-state index in [0.717, 1.165) is 63.1 Å². The summed E-state index contributed by atoms with van der Waals surface area (Å²) in [5.41, 5.74) is 4.33. The van der Waals surface area contributed by atoms with Crippen LogP contribution in [0.25, 0.3) is 0 Å². The second-order valence-electron chi connectivity index (χ2n) is 10.9. The van der Waals surface area contributed by atoms with Crippen LogP contribution in [0.15, 0.2) is 42.7 Å². The predicted molar refractivity (Wildman–Crippen MR) is 143 cm³/mol. The number of pyridine rings is 1. The molecule has 2 amide bonds. The summed E-state index contributed by atoms with van der Waals surface area (Å²) in [5, 5.41) is 6.39. The molecule has 1 unspecified atom stereocenters. The molecule has 2 fully saturated rings. The van der Waals surface area contributed by atoms with Crippen LogP contribution in [0.5, 0.6) is 0 Å². The van der Waals surface area contributed by atoms with Gasteiger partial charge in [-0.05, 0) is 85.8 Å². The van der Waals surface area contributed by atoms with Crippen molar-refractivity contribution < 1.29 is 9.59 Å². The zero-order valence-corrected chi connectivity index (χ0v) is 21.4. The Hall–Kier alpha value is -2.89. The minimum absolute atomic E-state index is 0.00904. The maximum absolute atomic E-state index is 12.9. The third-order valence-electron chi connectivity index (χ3n) is 8.56. The lowest BCUT2D eigenvalue weighted by Crippen LogP contribution is -2.35. The van der Waals surface area contributed by atoms with Crippen LogP contribution in [-0.2, 0) is 11.2 Å². The summed E-state index contributed by atoms with van der Waals surface area (Å²) in [6, 6.07) is 10.2. The topological polar surface area (TPSA) is 74.3 Å². The molecule has 1 saturated heterocycles. The highest BCUT2D eigenvalue weighted by Crippen LogP contribution is 2.33. The normalized spacial score (nSPS) is 20.3. The average Bonchev–Trinajstić information content (AvgIpc) is 3.58. The number of aromatic nitrogens is 1. The second-order valence-corrected chi connectivity index (χ2v) is 10.9. The van der Waals surface area contributed by atoms with Crippen LogP contribution >= 0.6 is 0 Å². The molecule has 2 heterocycles. The van der Waals surface area contributed by atoms with Crippen LogP contribution in [-0.4, -0.2) is 36.4 Å². The van der Waals surface area contributed by atoms with Crippen molar-refractivity contribution in [3.8, 4) is 0 Å². The summed E-state index contributed by atoms with van der Waals surface area (Å²) in [6.45, 7) is 2.82. The Morgan fingerprint density at radius 3 is 2.44 bits per heavy atom. The van der Waals surface area contributed by atoms with Crippen molar-refractivity contribution in [2.75, 3.05) is 24.5 Å². The Labute approximate surface area is 215 Å². The minimum atomic E-state index is -0.00904. The quantitative estimate of drug-likeness (QED) is 0.509. The third-order valence-corrected chi connectivity index (χ3v) is 8.56. The van der Waals surface area contributed by atoms with E-state index in [-0.39, 0.29) is 17.9 Å². The van der Waals surface area contributed by atoms with Gasteiger partial charge in [0, 0.05) is 49.7 Å². The molecule has 0 spiro atoms. The van der Waals surface area contributed by atoms with Gasteiger partial charge in [0.15, 0.2) is 0 Å². The van der Waals surface area contributed by atoms with Gasteiger partial charge in [0.25, 0.3) is 5.91 Å². The number of nitrogens with zero attached hydrogens (tertiary/aromatic N) is 2. The SMILES string of the molecule is O=C(CCC1CCCC1)NC1CCc2ccc(C(=O)NCCC3CCN(c4ccncc4)CC3)cc21. The third kappa shape index (κ3) is 6.26. The van der Waals surface area contributed by atoms with Crippen LogP contribution in [0.4, 0.5) is 5.69 Å². The van der Waals surface area contributed by atoms with Crippen molar-refractivity contribution in [2.24, 2.45) is 11.8 Å². The molecule has 1 saturated carbocycles. The van der Waals surface area contributed by atoms with E-state index in [0.29, 0.717) is 24.4 Å². The molecule has 6 heteroatoms. The summed E-state index contributed by atoms with van der Waals surface area (Å²) >= 11 is 0. The molecule has 2 aromatic rings. The zero-order valence-electron chi connectivity index (χ0n) is 21.4. The molecule has 6 nitrogen and oxygen atoms in total. The number of carbonyl (C=O) groups excluding carboxylic acids is 2. The second kappa shape index (κ2) is 11.9. The van der Waals surface area contributed by atoms with Gasteiger partial charge in [0.2, 0.25) is 5.91 Å². The van der Waals surface area contributed by atoms with Gasteiger partial charge in [-0.15, -0.1) is 0 Å². The summed E-state index contributed by atoms with van der Waals surface area (Å²) in [7, 11) is 0. The average molecular weight is 489 g/mol. The Morgan fingerprint density at radius 2 is 1.67 bits per heavy atom. The maximum Gasteiger partial charge on any atom is 0.251 e. The van der Waals surface area contributed by atoms with Crippen LogP contribution in [0.1, 0.15) is 91.7 Å². The van der Waals surface area contributed by atoms with Crippen molar-refractivity contribution in [3.63, 3.8) is 0 Å². The molecule has 192 valence electrons. The smallest absolute Gasteiger partial charge is 0.251 e. The lowest BCUT2D eigenvalue weighted by atomic mass is 9.93. The van der Waals surface area contributed by atoms with E-state index in [9.17, 15) is 9.59 Å². The van der Waals surface area contributed by atoms with Crippen LogP contribution in [0, 0.1) is 11.8 Å². The first kappa shape index (κ1) is 24.8. The van der Waals surface area contributed by atoms with E-state index < -0.39 is 0 Å². The van der Waals surface area contributed by atoms with Crippen molar-refractivity contribution in [1.82, 2.24) is 15.6 Å². The molecule has 1 aromatic heterocycles. The highest BCUT2D eigenvalue weighted by molar-refractivity contribution is 5.94. The van der Waals surface area contributed by atoms with Gasteiger partial charge < -0.3 is 15.5 Å². The fourth-order valence-corrected chi connectivity index (χ4v) is 6.32. The molecule has 1 atom stereocenters. The molecule has 3 aliphatic rings. The number of fused-ring (bicyclic) bond motifs is 1. The number of aryl methyl sites for hydroxylation is 1. The molecule has 0 bridgehead atoms. The standard InChI is InChI=1S/C30H40N4O2/c35-29(10-5-22-3-1-2-4-22)33-28-9-8-24-6-7-25(21-27(24)28)30(36)32-18-11-23-14-19-34(20-15-23)26-12-16-31-17-13-26/h6-7,12-13,16-17,21-23,28H,1-5,8-11,14-15,18-20H2,(H,32,36)(H,33,35). The molecule has 2 aliphatic carbocycles. The van der Waals surface area contributed by atoms with Gasteiger partial charge in [-0.3, -0.25) is 14.6 Å². The molecule has 1 aromatic carbocycles. The van der Waals surface area contributed by atoms with Crippen molar-refractivity contribution in [2.45, 2.75) is 76.7 Å². The summed E-state index contributed by atoms with van der Waals surface area (Å²) in [5.74, 6) is 1.53. The van der Waals surface area contributed by atoms with Gasteiger partial charge in [0.1, 0.15) is 0 Å². The first-order chi connectivity index (χ1) is 17.7. The van der Waals surface area contributed by atoms with Crippen LogP contribution in [0.3, 0.4) is 0 Å². The molecular weight excluding hydrogens is 448 g/mol. The molecule has 5 rings (SSSR count). The lowest BCUT2D eigenvalue weighted by Gasteiger charge is -2.33. The van der Waals surface area contributed by atoms with E-state index >= 15 is 0 Å². The van der Waals surface area contributed by atoms with Gasteiger partial charge >= 0.3 is 0 Å². The summed E-state index contributed by atoms with van der Waals surface area (Å²) in [4.78, 5) is 32.0. The Balaban J connectivity index is 1.06. The number of nitrogens with one attached hydrogen (secondary N) is 2. The number of anilines is 1. The number of hydrogen-bond donors (Lipinski definition) is 2. The number of hydrogen-bond acceptors (Lipinski definition) is 4. The van der Waals surface area contributed by atoms with Crippen LogP contribution in [0.2, 0.25) is 0 Å². The minimum Gasteiger partial charge on any atom is -0.371 e. The first-order valence-corrected chi connectivity index (χ1v) is 14.0.